The Labute approximate surface area is 214 Å². The van der Waals surface area contributed by atoms with Gasteiger partial charge in [0.15, 0.2) is 5.69 Å². The summed E-state index contributed by atoms with van der Waals surface area (Å²) in [5.74, 6) is -0.746. The van der Waals surface area contributed by atoms with Gasteiger partial charge in [-0.25, -0.2) is 0 Å². The Bertz CT molecular complexity index is 1220. The van der Waals surface area contributed by atoms with Crippen LogP contribution in [0.3, 0.4) is 0 Å². The number of aryl methyl sites for hydroxylation is 1. The lowest BCUT2D eigenvalue weighted by Gasteiger charge is -2.31. The molecule has 3 amide bonds. The number of hydrogen-bond acceptors (Lipinski definition) is 7. The van der Waals surface area contributed by atoms with Crippen LogP contribution in [0.1, 0.15) is 57.6 Å². The maximum Gasteiger partial charge on any atom is 0.273 e. The summed E-state index contributed by atoms with van der Waals surface area (Å²) >= 11 is 0.772. The maximum absolute atomic E-state index is 14.0. The van der Waals surface area contributed by atoms with Crippen LogP contribution < -0.4 is 26.4 Å². The number of ether oxygens (including phenoxy) is 1. The average molecular weight is 510 g/mol. The van der Waals surface area contributed by atoms with Gasteiger partial charge in [-0.2, -0.15) is 4.37 Å². The first-order chi connectivity index (χ1) is 17.1. The third kappa shape index (κ3) is 6.01. The Morgan fingerprint density at radius 3 is 2.25 bits per heavy atom. The Morgan fingerprint density at radius 2 is 1.72 bits per heavy atom. The zero-order valence-corrected chi connectivity index (χ0v) is 21.6. The maximum atomic E-state index is 14.0. The number of benzene rings is 2. The van der Waals surface area contributed by atoms with Gasteiger partial charge in [0.25, 0.3) is 11.8 Å². The van der Waals surface area contributed by atoms with Crippen molar-refractivity contribution in [1.82, 2.24) is 9.69 Å². The number of nitrogens with one attached hydrogen (secondary N) is 1. The molecule has 10 heteroatoms. The van der Waals surface area contributed by atoms with E-state index in [0.29, 0.717) is 29.5 Å². The fraction of sp³-hybridized carbons (Fsp3) is 0.308. The number of nitrogens with zero attached hydrogens (tertiary/aromatic N) is 2. The van der Waals surface area contributed by atoms with Crippen molar-refractivity contribution in [3.63, 3.8) is 0 Å². The van der Waals surface area contributed by atoms with E-state index in [0.717, 1.165) is 23.5 Å². The van der Waals surface area contributed by atoms with Crippen LogP contribution in [0.5, 0.6) is 5.75 Å². The van der Waals surface area contributed by atoms with Gasteiger partial charge in [-0.05, 0) is 60.6 Å². The lowest BCUT2D eigenvalue weighted by atomic mass is 10.0. The minimum Gasteiger partial charge on any atom is -0.497 e. The molecule has 1 aromatic heterocycles. The molecule has 0 radical (unpaired) electrons. The van der Waals surface area contributed by atoms with Crippen LogP contribution in [0.15, 0.2) is 48.5 Å². The normalized spacial score (nSPS) is 11.7. The van der Waals surface area contributed by atoms with Crippen LogP contribution in [0.4, 0.5) is 11.4 Å². The largest absolute Gasteiger partial charge is 0.497 e. The van der Waals surface area contributed by atoms with Crippen molar-refractivity contribution in [2.24, 2.45) is 11.7 Å². The predicted octanol–water partition coefficient (Wildman–Crippen LogP) is 3.69. The molecular weight excluding hydrogens is 478 g/mol. The van der Waals surface area contributed by atoms with Crippen LogP contribution >= 0.6 is 11.5 Å². The molecule has 0 aliphatic heterocycles. The topological polar surface area (TPSA) is 141 Å². The number of nitrogens with two attached hydrogens (primary N) is 2. The monoisotopic (exact) mass is 509 g/mol. The Hall–Kier alpha value is -3.92. The molecule has 190 valence electrons. The van der Waals surface area contributed by atoms with Gasteiger partial charge in [0.2, 0.25) is 5.91 Å². The molecular formula is C26H31N5O4S. The van der Waals surface area contributed by atoms with Crippen molar-refractivity contribution < 1.29 is 19.1 Å². The van der Waals surface area contributed by atoms with Gasteiger partial charge in [0.05, 0.1) is 12.8 Å². The Balaban J connectivity index is 2.15. The number of primary amides is 1. The van der Waals surface area contributed by atoms with E-state index < -0.39 is 17.9 Å². The quantitative estimate of drug-likeness (QED) is 0.381. The molecule has 3 aromatic rings. The third-order valence-electron chi connectivity index (χ3n) is 5.65. The van der Waals surface area contributed by atoms with Crippen molar-refractivity contribution in [3.05, 3.63) is 70.2 Å². The molecule has 0 fully saturated rings. The van der Waals surface area contributed by atoms with Crippen LogP contribution in [-0.4, -0.2) is 35.7 Å². The summed E-state index contributed by atoms with van der Waals surface area (Å²) in [7, 11) is 1.55. The molecule has 0 aliphatic carbocycles. The van der Waals surface area contributed by atoms with Gasteiger partial charge in [-0.3, -0.25) is 19.3 Å². The summed E-state index contributed by atoms with van der Waals surface area (Å²) in [6, 6.07) is 13.1. The highest BCUT2D eigenvalue weighted by molar-refractivity contribution is 7.09. The van der Waals surface area contributed by atoms with Gasteiger partial charge in [-0.1, -0.05) is 43.7 Å². The average Bonchev–Trinajstić information content (AvgIpc) is 3.24. The van der Waals surface area contributed by atoms with E-state index in [2.05, 4.69) is 23.5 Å². The SMILES string of the molecule is COc1ccc([C@H](C(=O)NCCC(C)C)N(C(=O)c2snc(C(N)=O)c2N)c2ccc(C)cc2)cc1. The van der Waals surface area contributed by atoms with Crippen molar-refractivity contribution in [2.45, 2.75) is 33.2 Å². The van der Waals surface area contributed by atoms with Crippen LogP contribution in [0.25, 0.3) is 0 Å². The first-order valence-corrected chi connectivity index (χ1v) is 12.3. The molecule has 0 unspecified atom stereocenters. The van der Waals surface area contributed by atoms with Gasteiger partial charge in [0.1, 0.15) is 16.7 Å². The minimum absolute atomic E-state index is 0.0258. The second-order valence-corrected chi connectivity index (χ2v) is 9.57. The van der Waals surface area contributed by atoms with Gasteiger partial charge in [-0.15, -0.1) is 0 Å². The molecule has 1 atom stereocenters. The number of amides is 3. The summed E-state index contributed by atoms with van der Waals surface area (Å²) < 4.78 is 9.24. The first-order valence-electron chi connectivity index (χ1n) is 11.5. The predicted molar refractivity (Wildman–Crippen MR) is 141 cm³/mol. The molecule has 1 heterocycles. The number of methoxy groups -OCH3 is 1. The zero-order valence-electron chi connectivity index (χ0n) is 20.8. The van der Waals surface area contributed by atoms with Crippen LogP contribution in [-0.2, 0) is 4.79 Å². The fourth-order valence-corrected chi connectivity index (χ4v) is 4.35. The van der Waals surface area contributed by atoms with E-state index in [9.17, 15) is 14.4 Å². The molecule has 0 saturated heterocycles. The zero-order chi connectivity index (χ0) is 26.4. The van der Waals surface area contributed by atoms with Crippen molar-refractivity contribution in [3.8, 4) is 5.75 Å². The Morgan fingerprint density at radius 1 is 1.08 bits per heavy atom. The highest BCUT2D eigenvalue weighted by Gasteiger charge is 2.36. The molecule has 0 spiro atoms. The first kappa shape index (κ1) is 26.7. The van der Waals surface area contributed by atoms with E-state index in [1.54, 1.807) is 43.5 Å². The number of carbonyl (C=O) groups is 3. The number of anilines is 2. The van der Waals surface area contributed by atoms with E-state index in [-0.39, 0.29) is 22.2 Å². The van der Waals surface area contributed by atoms with Gasteiger partial charge >= 0.3 is 0 Å². The molecule has 5 N–H and O–H groups in total. The summed E-state index contributed by atoms with van der Waals surface area (Å²) in [5.41, 5.74) is 13.2. The Kier molecular flexibility index (Phi) is 8.65. The van der Waals surface area contributed by atoms with Crippen molar-refractivity contribution >= 4 is 40.6 Å². The summed E-state index contributed by atoms with van der Waals surface area (Å²) in [6.45, 7) is 6.51. The van der Waals surface area contributed by atoms with Crippen LogP contribution in [0.2, 0.25) is 0 Å². The smallest absolute Gasteiger partial charge is 0.273 e. The van der Waals surface area contributed by atoms with E-state index in [1.165, 1.54) is 4.90 Å². The van der Waals surface area contributed by atoms with Gasteiger partial charge in [0, 0.05) is 12.2 Å². The number of aromatic nitrogens is 1. The molecule has 36 heavy (non-hydrogen) atoms. The van der Waals surface area contributed by atoms with Gasteiger partial charge < -0.3 is 21.5 Å². The minimum atomic E-state index is -1.03. The number of carbonyl (C=O) groups excluding carboxylic acids is 3. The summed E-state index contributed by atoms with van der Waals surface area (Å²) in [5, 5.41) is 2.97. The molecule has 0 bridgehead atoms. The molecule has 0 aliphatic rings. The fourth-order valence-electron chi connectivity index (χ4n) is 3.61. The number of nitrogen functional groups attached to an aromatic ring is 1. The van der Waals surface area contributed by atoms with E-state index in [4.69, 9.17) is 16.2 Å². The summed E-state index contributed by atoms with van der Waals surface area (Å²) in [6.07, 6.45) is 0.781. The van der Waals surface area contributed by atoms with Crippen LogP contribution in [0, 0.1) is 12.8 Å². The number of hydrogen-bond donors (Lipinski definition) is 3. The standard InChI is InChI=1S/C26H31N5O4S/c1-15(2)13-14-29-25(33)22(17-7-11-19(35-4)12-8-17)31(18-9-5-16(3)6-10-18)26(34)23-20(27)21(24(28)32)30-36-23/h5-12,15,22H,13-14,27H2,1-4H3,(H2,28,32)(H,29,33)/t22-/m1/s1. The molecule has 9 nitrogen and oxygen atoms in total. The number of rotatable bonds is 10. The van der Waals surface area contributed by atoms with Crippen molar-refractivity contribution in [2.75, 3.05) is 24.3 Å². The lowest BCUT2D eigenvalue weighted by molar-refractivity contribution is -0.122. The second kappa shape index (κ2) is 11.7. The van der Waals surface area contributed by atoms with E-state index in [1.807, 2.05) is 19.1 Å². The molecule has 3 rings (SSSR count). The second-order valence-electron chi connectivity index (χ2n) is 8.80. The van der Waals surface area contributed by atoms with Crippen molar-refractivity contribution in [1.29, 1.82) is 0 Å². The third-order valence-corrected chi connectivity index (χ3v) is 6.50. The van der Waals surface area contributed by atoms with E-state index >= 15 is 0 Å². The highest BCUT2D eigenvalue weighted by atomic mass is 32.1. The lowest BCUT2D eigenvalue weighted by Crippen LogP contribution is -2.44. The molecule has 0 saturated carbocycles. The summed E-state index contributed by atoms with van der Waals surface area (Å²) in [4.78, 5) is 40.7. The molecule has 2 aromatic carbocycles. The highest BCUT2D eigenvalue weighted by Crippen LogP contribution is 2.34.